The predicted octanol–water partition coefficient (Wildman–Crippen LogP) is 3.15. The number of sulfonamides is 1. The Morgan fingerprint density at radius 1 is 1.13 bits per heavy atom. The van der Waals surface area contributed by atoms with E-state index in [1.54, 1.807) is 16.4 Å². The second-order valence-electron chi connectivity index (χ2n) is 7.38. The molecule has 2 rings (SSSR count). The lowest BCUT2D eigenvalue weighted by molar-refractivity contribution is 0.250. The highest BCUT2D eigenvalue weighted by Crippen LogP contribution is 2.27. The minimum Gasteiger partial charge on any atom is -0.328 e. The highest BCUT2D eigenvalue weighted by molar-refractivity contribution is 7.89. The highest BCUT2D eigenvalue weighted by atomic mass is 35.5. The van der Waals surface area contributed by atoms with Crippen LogP contribution in [-0.2, 0) is 15.4 Å². The zero-order chi connectivity index (χ0) is 16.5. The number of hydrogen-bond acceptors (Lipinski definition) is 3. The molecule has 0 saturated carbocycles. The van der Waals surface area contributed by atoms with E-state index in [0.29, 0.717) is 23.9 Å². The monoisotopic (exact) mass is 360 g/mol. The Morgan fingerprint density at radius 2 is 1.61 bits per heavy atom. The van der Waals surface area contributed by atoms with Crippen LogP contribution in [0.3, 0.4) is 0 Å². The van der Waals surface area contributed by atoms with Crippen LogP contribution in [0.2, 0.25) is 0 Å². The van der Waals surface area contributed by atoms with Crippen molar-refractivity contribution in [3.8, 4) is 0 Å². The number of rotatable bonds is 3. The van der Waals surface area contributed by atoms with Gasteiger partial charge in [-0.2, -0.15) is 4.31 Å². The summed E-state index contributed by atoms with van der Waals surface area (Å²) in [6.07, 6.45) is 1.69. The van der Waals surface area contributed by atoms with Gasteiger partial charge in [0, 0.05) is 19.1 Å². The summed E-state index contributed by atoms with van der Waals surface area (Å²) >= 11 is 0. The summed E-state index contributed by atoms with van der Waals surface area (Å²) in [5.41, 5.74) is 7.09. The molecule has 0 aliphatic carbocycles. The Labute approximate surface area is 146 Å². The predicted molar refractivity (Wildman–Crippen MR) is 97.5 cm³/mol. The van der Waals surface area contributed by atoms with E-state index in [2.05, 4.69) is 20.8 Å². The number of benzene rings is 1. The maximum Gasteiger partial charge on any atom is 0.243 e. The molecule has 0 aromatic heterocycles. The van der Waals surface area contributed by atoms with Gasteiger partial charge in [0.05, 0.1) is 4.90 Å². The fourth-order valence-corrected chi connectivity index (χ4v) is 4.39. The van der Waals surface area contributed by atoms with Gasteiger partial charge < -0.3 is 5.73 Å². The maximum atomic E-state index is 12.7. The second kappa shape index (κ2) is 7.51. The summed E-state index contributed by atoms with van der Waals surface area (Å²) in [5.74, 6) is 0.426. The average Bonchev–Trinajstić information content (AvgIpc) is 2.46. The van der Waals surface area contributed by atoms with Gasteiger partial charge in [-0.15, -0.1) is 12.4 Å². The van der Waals surface area contributed by atoms with Crippen molar-refractivity contribution < 1.29 is 8.42 Å². The third-order valence-corrected chi connectivity index (χ3v) is 6.51. The van der Waals surface area contributed by atoms with Gasteiger partial charge in [-0.1, -0.05) is 32.9 Å². The fourth-order valence-electron chi connectivity index (χ4n) is 2.92. The number of nitrogens with zero attached hydrogens (tertiary/aromatic N) is 1. The highest BCUT2D eigenvalue weighted by Gasteiger charge is 2.30. The van der Waals surface area contributed by atoms with Crippen LogP contribution in [0.1, 0.15) is 46.1 Å². The number of piperidine rings is 1. The zero-order valence-corrected chi connectivity index (χ0v) is 16.1. The van der Waals surface area contributed by atoms with Gasteiger partial charge in [0.1, 0.15) is 0 Å². The van der Waals surface area contributed by atoms with Crippen molar-refractivity contribution in [3.05, 3.63) is 29.8 Å². The van der Waals surface area contributed by atoms with Gasteiger partial charge in [0.25, 0.3) is 0 Å². The van der Waals surface area contributed by atoms with Crippen molar-refractivity contribution in [2.75, 3.05) is 13.1 Å². The first kappa shape index (κ1) is 20.4. The molecule has 0 spiro atoms. The third kappa shape index (κ3) is 4.69. The van der Waals surface area contributed by atoms with Crippen LogP contribution >= 0.6 is 12.4 Å². The third-order valence-electron chi connectivity index (χ3n) is 4.60. The smallest absolute Gasteiger partial charge is 0.243 e. The van der Waals surface area contributed by atoms with Crippen molar-refractivity contribution in [1.82, 2.24) is 4.31 Å². The van der Waals surface area contributed by atoms with Crippen LogP contribution < -0.4 is 5.73 Å². The molecule has 0 bridgehead atoms. The van der Waals surface area contributed by atoms with Crippen molar-refractivity contribution in [2.45, 2.75) is 56.9 Å². The van der Waals surface area contributed by atoms with Crippen molar-refractivity contribution in [2.24, 2.45) is 11.7 Å². The summed E-state index contributed by atoms with van der Waals surface area (Å²) in [7, 11) is -3.38. The number of nitrogens with two attached hydrogens (primary N) is 1. The number of hydrogen-bond donors (Lipinski definition) is 1. The Morgan fingerprint density at radius 3 is 2.00 bits per heavy atom. The van der Waals surface area contributed by atoms with Crippen LogP contribution in [0, 0.1) is 5.92 Å². The van der Waals surface area contributed by atoms with Crippen LogP contribution in [0.25, 0.3) is 0 Å². The SMILES string of the molecule is CC(N)C1CCN(S(=O)(=O)c2ccc(C(C)(C)C)cc2)CC1.Cl. The van der Waals surface area contributed by atoms with Gasteiger partial charge in [-0.05, 0) is 48.8 Å². The molecule has 4 nitrogen and oxygen atoms in total. The van der Waals surface area contributed by atoms with E-state index in [0.717, 1.165) is 18.4 Å². The Kier molecular flexibility index (Phi) is 6.67. The summed E-state index contributed by atoms with van der Waals surface area (Å²) < 4.78 is 27.0. The minimum atomic E-state index is -3.38. The molecule has 1 heterocycles. The van der Waals surface area contributed by atoms with Crippen LogP contribution in [0.4, 0.5) is 0 Å². The average molecular weight is 361 g/mol. The topological polar surface area (TPSA) is 63.4 Å². The lowest BCUT2D eigenvalue weighted by atomic mass is 9.87. The molecule has 1 saturated heterocycles. The van der Waals surface area contributed by atoms with Crippen LogP contribution in [0.15, 0.2) is 29.2 Å². The second-order valence-corrected chi connectivity index (χ2v) is 9.31. The van der Waals surface area contributed by atoms with Crippen molar-refractivity contribution in [1.29, 1.82) is 0 Å². The van der Waals surface area contributed by atoms with Gasteiger partial charge >= 0.3 is 0 Å². The van der Waals surface area contributed by atoms with Gasteiger partial charge in [-0.3, -0.25) is 0 Å². The molecule has 1 aliphatic rings. The van der Waals surface area contributed by atoms with Gasteiger partial charge in [-0.25, -0.2) is 8.42 Å². The molecule has 0 amide bonds. The molecule has 1 atom stereocenters. The molecular formula is C17H29ClN2O2S. The summed E-state index contributed by atoms with van der Waals surface area (Å²) in [6.45, 7) is 9.49. The Hall–Kier alpha value is -0.620. The molecule has 1 fully saturated rings. The molecule has 23 heavy (non-hydrogen) atoms. The van der Waals surface area contributed by atoms with E-state index in [1.165, 1.54) is 0 Å². The maximum absolute atomic E-state index is 12.7. The van der Waals surface area contributed by atoms with Gasteiger partial charge in [0.15, 0.2) is 0 Å². The molecule has 1 aliphatic heterocycles. The van der Waals surface area contributed by atoms with Crippen molar-refractivity contribution >= 4 is 22.4 Å². The largest absolute Gasteiger partial charge is 0.328 e. The minimum absolute atomic E-state index is 0. The molecule has 132 valence electrons. The standard InChI is InChI=1S/C17H28N2O2S.ClH/c1-13(18)14-9-11-19(12-10-14)22(20,21)16-7-5-15(6-8-16)17(2,3)4;/h5-8,13-14H,9-12,18H2,1-4H3;1H. The first-order chi connectivity index (χ1) is 10.1. The molecular weight excluding hydrogens is 332 g/mol. The fraction of sp³-hybridized carbons (Fsp3) is 0.647. The van der Waals surface area contributed by atoms with Crippen LogP contribution in [0.5, 0.6) is 0 Å². The molecule has 1 aromatic rings. The van der Waals surface area contributed by atoms with E-state index in [4.69, 9.17) is 5.73 Å². The normalized spacial score (nSPS) is 19.2. The molecule has 6 heteroatoms. The van der Waals surface area contributed by atoms with Crippen LogP contribution in [-0.4, -0.2) is 31.9 Å². The Bertz CT molecular complexity index is 598. The lowest BCUT2D eigenvalue weighted by Gasteiger charge is -2.33. The summed E-state index contributed by atoms with van der Waals surface area (Å²) in [4.78, 5) is 0.389. The first-order valence-electron chi connectivity index (χ1n) is 7.98. The van der Waals surface area contributed by atoms with E-state index in [-0.39, 0.29) is 23.9 Å². The van der Waals surface area contributed by atoms with E-state index in [1.807, 2.05) is 19.1 Å². The zero-order valence-electron chi connectivity index (χ0n) is 14.5. The van der Waals surface area contributed by atoms with E-state index in [9.17, 15) is 8.42 Å². The Balaban J connectivity index is 0.00000264. The molecule has 0 radical (unpaired) electrons. The first-order valence-corrected chi connectivity index (χ1v) is 9.42. The molecule has 2 N–H and O–H groups in total. The van der Waals surface area contributed by atoms with Gasteiger partial charge in [0.2, 0.25) is 10.0 Å². The molecule has 1 aromatic carbocycles. The van der Waals surface area contributed by atoms with Crippen molar-refractivity contribution in [3.63, 3.8) is 0 Å². The number of halogens is 1. The van der Waals surface area contributed by atoms with E-state index >= 15 is 0 Å². The summed E-state index contributed by atoms with van der Waals surface area (Å²) in [5, 5.41) is 0. The molecule has 1 unspecified atom stereocenters. The van der Waals surface area contributed by atoms with E-state index < -0.39 is 10.0 Å². The lowest BCUT2D eigenvalue weighted by Crippen LogP contribution is -2.42. The summed E-state index contributed by atoms with van der Waals surface area (Å²) in [6, 6.07) is 7.43. The quantitative estimate of drug-likeness (QED) is 0.900.